The van der Waals surface area contributed by atoms with Crippen molar-refractivity contribution in [3.05, 3.63) is 35.4 Å². The van der Waals surface area contributed by atoms with Gasteiger partial charge in [0.2, 0.25) is 0 Å². The van der Waals surface area contributed by atoms with E-state index in [4.69, 9.17) is 0 Å². The van der Waals surface area contributed by atoms with Crippen molar-refractivity contribution >= 4 is 5.91 Å². The molecular weight excluding hydrogens is 281 g/mol. The molecule has 6 heteroatoms. The van der Waals surface area contributed by atoms with Crippen LogP contribution in [0, 0.1) is 0 Å². The van der Waals surface area contributed by atoms with Gasteiger partial charge in [0.05, 0.1) is 5.56 Å². The van der Waals surface area contributed by atoms with E-state index < -0.39 is 11.7 Å². The summed E-state index contributed by atoms with van der Waals surface area (Å²) >= 11 is 0. The Morgan fingerprint density at radius 3 is 2.43 bits per heavy atom. The summed E-state index contributed by atoms with van der Waals surface area (Å²) in [5, 5.41) is 3.30. The molecule has 0 aliphatic carbocycles. The van der Waals surface area contributed by atoms with Crippen molar-refractivity contribution < 1.29 is 18.0 Å². The second-order valence-electron chi connectivity index (χ2n) is 5.67. The first-order chi connectivity index (χ1) is 9.97. The largest absolute Gasteiger partial charge is 0.416 e. The van der Waals surface area contributed by atoms with Gasteiger partial charge >= 0.3 is 6.18 Å². The second-order valence-corrected chi connectivity index (χ2v) is 5.67. The minimum absolute atomic E-state index is 0.153. The van der Waals surface area contributed by atoms with E-state index in [9.17, 15) is 18.0 Å². The predicted octanol–water partition coefficient (Wildman–Crippen LogP) is 2.67. The van der Waals surface area contributed by atoms with E-state index in [2.05, 4.69) is 5.32 Å². The molecule has 2 heterocycles. The highest BCUT2D eigenvalue weighted by Crippen LogP contribution is 2.31. The van der Waals surface area contributed by atoms with Gasteiger partial charge in [0.25, 0.3) is 5.91 Å². The molecule has 0 spiro atoms. The van der Waals surface area contributed by atoms with Gasteiger partial charge in [-0.3, -0.25) is 4.79 Å². The van der Waals surface area contributed by atoms with Gasteiger partial charge < -0.3 is 10.2 Å². The fraction of sp³-hybridized carbons (Fsp3) is 0.533. The average molecular weight is 298 g/mol. The number of hydrogen-bond donors (Lipinski definition) is 1. The molecule has 2 aliphatic heterocycles. The molecular formula is C15H17F3N2O. The summed E-state index contributed by atoms with van der Waals surface area (Å²) in [6, 6.07) is 4.88. The summed E-state index contributed by atoms with van der Waals surface area (Å²) in [6.45, 7) is 1.65. The Bertz CT molecular complexity index is 513. The lowest BCUT2D eigenvalue weighted by Crippen LogP contribution is -2.42. The molecule has 114 valence electrons. The number of nitrogens with zero attached hydrogens (tertiary/aromatic N) is 1. The molecule has 1 aromatic carbocycles. The van der Waals surface area contributed by atoms with Crippen LogP contribution in [-0.2, 0) is 6.18 Å². The number of hydrogen-bond acceptors (Lipinski definition) is 2. The first-order valence-corrected chi connectivity index (χ1v) is 7.17. The maximum atomic E-state index is 12.6. The summed E-state index contributed by atoms with van der Waals surface area (Å²) in [6.07, 6.45) is -1.52. The first-order valence-electron chi connectivity index (χ1n) is 7.17. The van der Waals surface area contributed by atoms with Gasteiger partial charge in [-0.25, -0.2) is 0 Å². The molecule has 1 N–H and O–H groups in total. The normalized spacial score (nSPS) is 25.8. The van der Waals surface area contributed by atoms with E-state index in [0.29, 0.717) is 5.56 Å². The Balaban J connectivity index is 1.82. The predicted molar refractivity (Wildman–Crippen MR) is 71.9 cm³/mol. The van der Waals surface area contributed by atoms with E-state index in [1.807, 2.05) is 4.90 Å². The van der Waals surface area contributed by atoms with Crippen LogP contribution in [0.2, 0.25) is 0 Å². The van der Waals surface area contributed by atoms with Crippen molar-refractivity contribution in [2.24, 2.45) is 0 Å². The number of carbonyl (C=O) groups excluding carboxylic acids is 1. The Morgan fingerprint density at radius 1 is 1.10 bits per heavy atom. The number of carbonyl (C=O) groups is 1. The summed E-state index contributed by atoms with van der Waals surface area (Å²) in [5.74, 6) is -0.153. The second kappa shape index (κ2) is 5.33. The quantitative estimate of drug-likeness (QED) is 0.864. The van der Waals surface area contributed by atoms with Crippen molar-refractivity contribution in [2.45, 2.75) is 37.5 Å². The van der Waals surface area contributed by atoms with Crippen LogP contribution in [0.4, 0.5) is 13.2 Å². The third-order valence-corrected chi connectivity index (χ3v) is 4.35. The van der Waals surface area contributed by atoms with Gasteiger partial charge in [-0.2, -0.15) is 13.2 Å². The van der Waals surface area contributed by atoms with E-state index >= 15 is 0 Å². The lowest BCUT2D eigenvalue weighted by molar-refractivity contribution is -0.137. The van der Waals surface area contributed by atoms with Gasteiger partial charge in [-0.15, -0.1) is 0 Å². The van der Waals surface area contributed by atoms with Crippen molar-refractivity contribution in [3.63, 3.8) is 0 Å². The van der Waals surface area contributed by atoms with Crippen molar-refractivity contribution in [3.8, 4) is 0 Å². The molecule has 0 aromatic heterocycles. The number of amides is 1. The van der Waals surface area contributed by atoms with Crippen LogP contribution in [0.25, 0.3) is 0 Å². The average Bonchev–Trinajstić information content (AvgIpc) is 2.70. The van der Waals surface area contributed by atoms with Gasteiger partial charge in [-0.1, -0.05) is 0 Å². The molecule has 2 fully saturated rings. The smallest absolute Gasteiger partial charge is 0.331 e. The Morgan fingerprint density at radius 2 is 1.76 bits per heavy atom. The highest BCUT2D eigenvalue weighted by molar-refractivity contribution is 5.95. The molecule has 1 amide bonds. The van der Waals surface area contributed by atoms with E-state index in [1.165, 1.54) is 12.1 Å². The topological polar surface area (TPSA) is 32.3 Å². The molecule has 21 heavy (non-hydrogen) atoms. The van der Waals surface area contributed by atoms with Crippen molar-refractivity contribution in [1.29, 1.82) is 0 Å². The molecule has 2 saturated heterocycles. The summed E-state index contributed by atoms with van der Waals surface area (Å²) in [7, 11) is 0. The number of benzene rings is 1. The lowest BCUT2D eigenvalue weighted by Gasteiger charge is -2.28. The van der Waals surface area contributed by atoms with Crippen LogP contribution in [-0.4, -0.2) is 36.0 Å². The van der Waals surface area contributed by atoms with E-state index in [-0.39, 0.29) is 18.0 Å². The van der Waals surface area contributed by atoms with Gasteiger partial charge in [0.15, 0.2) is 0 Å². The molecule has 0 saturated carbocycles. The Hall–Kier alpha value is -1.56. The number of nitrogens with one attached hydrogen (secondary N) is 1. The summed E-state index contributed by atoms with van der Waals surface area (Å²) in [4.78, 5) is 14.5. The molecule has 2 atom stereocenters. The Kier molecular flexibility index (Phi) is 3.65. The molecule has 3 rings (SSSR count). The van der Waals surface area contributed by atoms with Crippen molar-refractivity contribution in [1.82, 2.24) is 10.2 Å². The third kappa shape index (κ3) is 2.77. The fourth-order valence-corrected chi connectivity index (χ4v) is 3.26. The lowest BCUT2D eigenvalue weighted by atomic mass is 10.1. The van der Waals surface area contributed by atoms with E-state index in [1.54, 1.807) is 0 Å². The van der Waals surface area contributed by atoms with Gasteiger partial charge in [0.1, 0.15) is 0 Å². The maximum Gasteiger partial charge on any atom is 0.416 e. The highest BCUT2D eigenvalue weighted by Gasteiger charge is 2.38. The Labute approximate surface area is 121 Å². The van der Waals surface area contributed by atoms with Crippen LogP contribution < -0.4 is 5.32 Å². The zero-order valence-corrected chi connectivity index (χ0v) is 11.5. The molecule has 0 radical (unpaired) electrons. The minimum atomic E-state index is -4.37. The zero-order valence-electron chi connectivity index (χ0n) is 11.5. The highest BCUT2D eigenvalue weighted by atomic mass is 19.4. The zero-order chi connectivity index (χ0) is 15.0. The molecule has 2 bridgehead atoms. The SMILES string of the molecule is O=C(c1ccc(C(F)(F)F)cc1)N1C2CCNCC1CC2. The van der Waals surface area contributed by atoms with Gasteiger partial charge in [-0.05, 0) is 50.1 Å². The van der Waals surface area contributed by atoms with Gasteiger partial charge in [0, 0.05) is 24.2 Å². The van der Waals surface area contributed by atoms with Crippen LogP contribution in [0.15, 0.2) is 24.3 Å². The van der Waals surface area contributed by atoms with Crippen molar-refractivity contribution in [2.75, 3.05) is 13.1 Å². The van der Waals surface area contributed by atoms with Crippen LogP contribution in [0.1, 0.15) is 35.2 Å². The molecule has 2 unspecified atom stereocenters. The molecule has 3 nitrogen and oxygen atoms in total. The fourth-order valence-electron chi connectivity index (χ4n) is 3.26. The number of alkyl halides is 3. The minimum Gasteiger partial charge on any atom is -0.331 e. The summed E-state index contributed by atoms with van der Waals surface area (Å²) < 4.78 is 37.7. The number of fused-ring (bicyclic) bond motifs is 2. The standard InChI is InChI=1S/C15H17F3N2O/c16-15(17,18)11-3-1-10(2-4-11)14(21)20-12-5-6-13(20)9-19-8-7-12/h1-4,12-13,19H,5-9H2. The third-order valence-electron chi connectivity index (χ3n) is 4.35. The van der Waals surface area contributed by atoms with Crippen LogP contribution in [0.5, 0.6) is 0 Å². The molecule has 1 aromatic rings. The molecule has 2 aliphatic rings. The number of halogens is 3. The summed E-state index contributed by atoms with van der Waals surface area (Å²) in [5.41, 5.74) is -0.388. The van der Waals surface area contributed by atoms with Crippen LogP contribution >= 0.6 is 0 Å². The number of rotatable bonds is 1. The monoisotopic (exact) mass is 298 g/mol. The van der Waals surface area contributed by atoms with E-state index in [0.717, 1.165) is 44.5 Å². The van der Waals surface area contributed by atoms with Crippen LogP contribution in [0.3, 0.4) is 0 Å². The maximum absolute atomic E-state index is 12.6. The first kappa shape index (κ1) is 14.4.